The molecule has 6 nitrogen and oxygen atoms in total. The van der Waals surface area contributed by atoms with Gasteiger partial charge >= 0.3 is 0 Å². The normalized spacial score (nSPS) is 15.4. The Hall–Kier alpha value is -2.31. The molecule has 1 N–H and O–H groups in total. The highest BCUT2D eigenvalue weighted by atomic mass is 19.1. The predicted molar refractivity (Wildman–Crippen MR) is 91.6 cm³/mol. The number of ether oxygens (including phenoxy) is 1. The monoisotopic (exact) mass is 336 g/mol. The lowest BCUT2D eigenvalue weighted by atomic mass is 10.2. The van der Waals surface area contributed by atoms with Gasteiger partial charge in [-0.25, -0.2) is 9.38 Å². The second-order valence-corrected chi connectivity index (χ2v) is 5.63. The highest BCUT2D eigenvalue weighted by Crippen LogP contribution is 2.18. The summed E-state index contributed by atoms with van der Waals surface area (Å²) < 4.78 is 18.7. The maximum Gasteiger partial charge on any atom is 0.219 e. The Morgan fingerprint density at radius 3 is 2.50 bits per heavy atom. The van der Waals surface area contributed by atoms with E-state index < -0.39 is 0 Å². The number of nitrogens with one attached hydrogen (secondary N) is 1. The van der Waals surface area contributed by atoms with E-state index in [9.17, 15) is 9.18 Å². The molecule has 7 heteroatoms. The van der Waals surface area contributed by atoms with Crippen molar-refractivity contribution in [2.75, 3.05) is 39.8 Å². The molecule has 0 atom stereocenters. The molecule has 0 radical (unpaired) electrons. The number of benzene rings is 1. The van der Waals surface area contributed by atoms with Gasteiger partial charge in [0.15, 0.2) is 17.5 Å². The number of aliphatic imine (C=N–C) groups is 1. The molecule has 1 fully saturated rings. The van der Waals surface area contributed by atoms with Gasteiger partial charge in [-0.1, -0.05) is 6.07 Å². The number of hydrogen-bond donors (Lipinski definition) is 1. The third-order valence-corrected chi connectivity index (χ3v) is 3.99. The molecule has 0 bridgehead atoms. The largest absolute Gasteiger partial charge is 0.494 e. The molecule has 24 heavy (non-hydrogen) atoms. The fraction of sp³-hybridized carbons (Fsp3) is 0.529. The van der Waals surface area contributed by atoms with Gasteiger partial charge in [0.1, 0.15) is 0 Å². The molecule has 0 aromatic heterocycles. The van der Waals surface area contributed by atoms with Crippen LogP contribution in [0.3, 0.4) is 0 Å². The molecule has 1 saturated heterocycles. The number of carbonyl (C=O) groups excluding carboxylic acids is 1. The summed E-state index contributed by atoms with van der Waals surface area (Å²) in [6.07, 6.45) is 0. The molecule has 2 rings (SSSR count). The first-order valence-electron chi connectivity index (χ1n) is 8.16. The molecule has 0 aliphatic carbocycles. The summed E-state index contributed by atoms with van der Waals surface area (Å²) in [6, 6.07) is 4.86. The van der Waals surface area contributed by atoms with Crippen molar-refractivity contribution in [3.8, 4) is 5.75 Å². The minimum Gasteiger partial charge on any atom is -0.494 e. The molecular formula is C17H25FN4O2. The Morgan fingerprint density at radius 2 is 1.96 bits per heavy atom. The molecule has 1 heterocycles. The third-order valence-electron chi connectivity index (χ3n) is 3.99. The zero-order chi connectivity index (χ0) is 17.5. The average molecular weight is 336 g/mol. The van der Waals surface area contributed by atoms with Crippen LogP contribution in [0.4, 0.5) is 4.39 Å². The maximum absolute atomic E-state index is 13.8. The van der Waals surface area contributed by atoms with Gasteiger partial charge in [-0.05, 0) is 24.6 Å². The number of guanidine groups is 1. The predicted octanol–water partition coefficient (Wildman–Crippen LogP) is 1.46. The van der Waals surface area contributed by atoms with Gasteiger partial charge in [-0.3, -0.25) is 4.79 Å². The van der Waals surface area contributed by atoms with Gasteiger partial charge in [0.2, 0.25) is 5.91 Å². The third kappa shape index (κ3) is 4.59. The van der Waals surface area contributed by atoms with Crippen molar-refractivity contribution >= 4 is 11.9 Å². The molecular weight excluding hydrogens is 311 g/mol. The van der Waals surface area contributed by atoms with Crippen LogP contribution in [0.15, 0.2) is 23.2 Å². The van der Waals surface area contributed by atoms with Crippen LogP contribution in [0.25, 0.3) is 0 Å². The summed E-state index contributed by atoms with van der Waals surface area (Å²) in [4.78, 5) is 20.0. The van der Waals surface area contributed by atoms with Crippen LogP contribution in [-0.2, 0) is 11.3 Å². The van der Waals surface area contributed by atoms with Crippen LogP contribution in [0, 0.1) is 5.82 Å². The lowest BCUT2D eigenvalue weighted by molar-refractivity contribution is -0.130. The van der Waals surface area contributed by atoms with E-state index >= 15 is 0 Å². The van der Waals surface area contributed by atoms with E-state index in [2.05, 4.69) is 15.2 Å². The van der Waals surface area contributed by atoms with Gasteiger partial charge in [0.25, 0.3) is 0 Å². The summed E-state index contributed by atoms with van der Waals surface area (Å²) in [6.45, 7) is 7.60. The number of halogens is 1. The zero-order valence-corrected chi connectivity index (χ0v) is 14.5. The molecule has 1 aliphatic heterocycles. The quantitative estimate of drug-likeness (QED) is 0.668. The van der Waals surface area contributed by atoms with Crippen LogP contribution in [0.5, 0.6) is 5.75 Å². The van der Waals surface area contributed by atoms with E-state index in [4.69, 9.17) is 4.74 Å². The number of nitrogens with zero attached hydrogens (tertiary/aromatic N) is 3. The van der Waals surface area contributed by atoms with Crippen molar-refractivity contribution in [3.63, 3.8) is 0 Å². The van der Waals surface area contributed by atoms with E-state index in [1.165, 1.54) is 13.2 Å². The standard InChI is InChI=1S/C17H25FN4O2/c1-4-19-17(22-9-7-21(8-10-22)13(2)23)20-12-14-5-6-16(24-3)15(18)11-14/h5-6,11H,4,7-10,12H2,1-3H3,(H,19,20). The van der Waals surface area contributed by atoms with Gasteiger partial charge in [-0.15, -0.1) is 0 Å². The highest BCUT2D eigenvalue weighted by molar-refractivity contribution is 5.80. The smallest absolute Gasteiger partial charge is 0.219 e. The van der Waals surface area contributed by atoms with Gasteiger partial charge in [0, 0.05) is 39.6 Å². The van der Waals surface area contributed by atoms with E-state index in [1.807, 2.05) is 17.9 Å². The number of methoxy groups -OCH3 is 1. The first kappa shape index (κ1) is 18.0. The van der Waals surface area contributed by atoms with E-state index in [1.54, 1.807) is 13.0 Å². The molecule has 1 aliphatic rings. The van der Waals surface area contributed by atoms with E-state index in [0.717, 1.165) is 31.2 Å². The number of carbonyl (C=O) groups is 1. The van der Waals surface area contributed by atoms with Crippen LogP contribution >= 0.6 is 0 Å². The zero-order valence-electron chi connectivity index (χ0n) is 14.5. The Bertz CT molecular complexity index is 598. The van der Waals surface area contributed by atoms with Crippen LogP contribution in [0.1, 0.15) is 19.4 Å². The fourth-order valence-electron chi connectivity index (χ4n) is 2.63. The topological polar surface area (TPSA) is 57.2 Å². The van der Waals surface area contributed by atoms with Crippen molar-refractivity contribution < 1.29 is 13.9 Å². The number of rotatable bonds is 4. The Labute approximate surface area is 142 Å². The molecule has 0 spiro atoms. The SMILES string of the molecule is CCNC(=NCc1ccc(OC)c(F)c1)N1CCN(C(C)=O)CC1. The fourth-order valence-corrected chi connectivity index (χ4v) is 2.63. The Balaban J connectivity index is 2.03. The second kappa shape index (κ2) is 8.52. The molecule has 1 aromatic carbocycles. The minimum atomic E-state index is -0.384. The summed E-state index contributed by atoms with van der Waals surface area (Å²) in [7, 11) is 1.44. The van der Waals surface area contributed by atoms with Crippen molar-refractivity contribution in [3.05, 3.63) is 29.6 Å². The Kier molecular flexibility index (Phi) is 6.40. The maximum atomic E-state index is 13.8. The summed E-state index contributed by atoms with van der Waals surface area (Å²) in [5.41, 5.74) is 0.783. The molecule has 132 valence electrons. The molecule has 0 unspecified atom stereocenters. The van der Waals surface area contributed by atoms with Crippen molar-refractivity contribution in [2.45, 2.75) is 20.4 Å². The highest BCUT2D eigenvalue weighted by Gasteiger charge is 2.20. The second-order valence-electron chi connectivity index (χ2n) is 5.63. The van der Waals surface area contributed by atoms with Crippen molar-refractivity contribution in [2.24, 2.45) is 4.99 Å². The molecule has 0 saturated carbocycles. The number of amides is 1. The van der Waals surface area contributed by atoms with E-state index in [0.29, 0.717) is 19.6 Å². The van der Waals surface area contributed by atoms with Crippen molar-refractivity contribution in [1.29, 1.82) is 0 Å². The average Bonchev–Trinajstić information content (AvgIpc) is 2.59. The van der Waals surface area contributed by atoms with Crippen LogP contribution in [0.2, 0.25) is 0 Å². The van der Waals surface area contributed by atoms with Crippen LogP contribution < -0.4 is 10.1 Å². The molecule has 1 amide bonds. The van der Waals surface area contributed by atoms with Crippen molar-refractivity contribution in [1.82, 2.24) is 15.1 Å². The number of hydrogen-bond acceptors (Lipinski definition) is 3. The summed E-state index contributed by atoms with van der Waals surface area (Å²) in [5, 5.41) is 3.26. The van der Waals surface area contributed by atoms with E-state index in [-0.39, 0.29) is 17.5 Å². The van der Waals surface area contributed by atoms with Gasteiger partial charge < -0.3 is 19.9 Å². The van der Waals surface area contributed by atoms with Crippen LogP contribution in [-0.4, -0.2) is 61.5 Å². The first-order valence-corrected chi connectivity index (χ1v) is 8.16. The summed E-state index contributed by atoms with van der Waals surface area (Å²) >= 11 is 0. The summed E-state index contributed by atoms with van der Waals surface area (Å²) in [5.74, 6) is 0.738. The molecule has 1 aromatic rings. The minimum absolute atomic E-state index is 0.102. The number of piperazine rings is 1. The first-order chi connectivity index (χ1) is 11.5. The lowest BCUT2D eigenvalue weighted by Gasteiger charge is -2.36. The van der Waals surface area contributed by atoms with Gasteiger partial charge in [-0.2, -0.15) is 0 Å². The Morgan fingerprint density at radius 1 is 1.29 bits per heavy atom. The lowest BCUT2D eigenvalue weighted by Crippen LogP contribution is -2.53. The van der Waals surface area contributed by atoms with Gasteiger partial charge in [0.05, 0.1) is 13.7 Å².